The number of hydrogen-bond acceptors (Lipinski definition) is 0. The molecule has 0 heteroatoms. The van der Waals surface area contributed by atoms with E-state index in [4.69, 9.17) is 0 Å². The van der Waals surface area contributed by atoms with Gasteiger partial charge in [-0.05, 0) is 58.8 Å². The standard InChI is InChI=1S/C22H28/c1-16(2)19-12-13-22(3,4)21-11-10-18(15-20(19)21)14-17-8-6-5-7-9-17/h5-11,15-16,19H,12-14H2,1-4H3. The fourth-order valence-corrected chi connectivity index (χ4v) is 3.98. The molecular formula is C22H28. The molecule has 116 valence electrons. The Kier molecular flexibility index (Phi) is 4.12. The Hall–Kier alpha value is -1.56. The van der Waals surface area contributed by atoms with Crippen LogP contribution in [0.2, 0.25) is 0 Å². The minimum absolute atomic E-state index is 0.325. The van der Waals surface area contributed by atoms with Gasteiger partial charge in [0.05, 0.1) is 0 Å². The summed E-state index contributed by atoms with van der Waals surface area (Å²) in [5, 5.41) is 0. The summed E-state index contributed by atoms with van der Waals surface area (Å²) in [5.74, 6) is 1.44. The van der Waals surface area contributed by atoms with Gasteiger partial charge in [0.15, 0.2) is 0 Å². The molecule has 2 aromatic carbocycles. The molecule has 1 atom stereocenters. The van der Waals surface area contributed by atoms with E-state index in [1.807, 2.05) is 0 Å². The predicted octanol–water partition coefficient (Wildman–Crippen LogP) is 6.09. The lowest BCUT2D eigenvalue weighted by Gasteiger charge is -2.39. The van der Waals surface area contributed by atoms with Crippen molar-refractivity contribution >= 4 is 0 Å². The maximum atomic E-state index is 2.49. The Morgan fingerprint density at radius 1 is 1.00 bits per heavy atom. The summed E-state index contributed by atoms with van der Waals surface area (Å²) in [5.41, 5.74) is 6.37. The molecule has 2 aromatic rings. The Balaban J connectivity index is 1.98. The Bertz CT molecular complexity index is 634. The molecule has 1 unspecified atom stereocenters. The summed E-state index contributed by atoms with van der Waals surface area (Å²) >= 11 is 0. The van der Waals surface area contributed by atoms with Gasteiger partial charge in [-0.3, -0.25) is 0 Å². The van der Waals surface area contributed by atoms with Crippen LogP contribution >= 0.6 is 0 Å². The monoisotopic (exact) mass is 292 g/mol. The predicted molar refractivity (Wildman–Crippen MR) is 95.5 cm³/mol. The SMILES string of the molecule is CC(C)C1CCC(C)(C)c2ccc(Cc3ccccc3)cc21. The fraction of sp³-hybridized carbons (Fsp3) is 0.455. The zero-order chi connectivity index (χ0) is 15.7. The second kappa shape index (κ2) is 5.91. The molecule has 22 heavy (non-hydrogen) atoms. The van der Waals surface area contributed by atoms with Crippen molar-refractivity contribution in [3.63, 3.8) is 0 Å². The maximum absolute atomic E-state index is 2.49. The van der Waals surface area contributed by atoms with Crippen molar-refractivity contribution in [2.24, 2.45) is 5.92 Å². The minimum Gasteiger partial charge on any atom is -0.0622 e. The van der Waals surface area contributed by atoms with Gasteiger partial charge in [0.1, 0.15) is 0 Å². The highest BCUT2D eigenvalue weighted by Crippen LogP contribution is 2.45. The molecule has 0 spiro atoms. The number of rotatable bonds is 3. The lowest BCUT2D eigenvalue weighted by molar-refractivity contribution is 0.346. The molecule has 0 radical (unpaired) electrons. The van der Waals surface area contributed by atoms with Crippen molar-refractivity contribution in [3.05, 3.63) is 70.8 Å². The third-order valence-electron chi connectivity index (χ3n) is 5.38. The van der Waals surface area contributed by atoms with Crippen LogP contribution in [0.4, 0.5) is 0 Å². The highest BCUT2D eigenvalue weighted by molar-refractivity contribution is 5.42. The van der Waals surface area contributed by atoms with Crippen LogP contribution in [0.1, 0.15) is 68.7 Å². The van der Waals surface area contributed by atoms with Crippen LogP contribution in [-0.4, -0.2) is 0 Å². The van der Waals surface area contributed by atoms with Crippen LogP contribution < -0.4 is 0 Å². The third-order valence-corrected chi connectivity index (χ3v) is 5.38. The molecule has 3 rings (SSSR count). The fourth-order valence-electron chi connectivity index (χ4n) is 3.98. The largest absolute Gasteiger partial charge is 0.0622 e. The number of benzene rings is 2. The van der Waals surface area contributed by atoms with E-state index in [0.29, 0.717) is 5.41 Å². The van der Waals surface area contributed by atoms with Gasteiger partial charge in [0.2, 0.25) is 0 Å². The molecule has 0 bridgehead atoms. The lowest BCUT2D eigenvalue weighted by Crippen LogP contribution is -2.28. The first-order chi connectivity index (χ1) is 10.5. The lowest BCUT2D eigenvalue weighted by atomic mass is 9.66. The molecule has 0 saturated heterocycles. The van der Waals surface area contributed by atoms with E-state index in [2.05, 4.69) is 76.2 Å². The number of hydrogen-bond donors (Lipinski definition) is 0. The molecule has 0 aromatic heterocycles. The smallest absolute Gasteiger partial charge is 0.00257 e. The molecular weight excluding hydrogens is 264 g/mol. The molecule has 1 aliphatic rings. The summed E-state index contributed by atoms with van der Waals surface area (Å²) in [6.07, 6.45) is 3.67. The van der Waals surface area contributed by atoms with Crippen molar-refractivity contribution < 1.29 is 0 Å². The molecule has 0 nitrogen and oxygen atoms in total. The zero-order valence-corrected chi connectivity index (χ0v) is 14.4. The van der Waals surface area contributed by atoms with E-state index < -0.39 is 0 Å². The average Bonchev–Trinajstić information content (AvgIpc) is 2.47. The van der Waals surface area contributed by atoms with Gasteiger partial charge in [-0.25, -0.2) is 0 Å². The molecule has 0 saturated carbocycles. The van der Waals surface area contributed by atoms with Crippen LogP contribution in [0.5, 0.6) is 0 Å². The summed E-state index contributed by atoms with van der Waals surface area (Å²) in [6.45, 7) is 9.55. The molecule has 0 N–H and O–H groups in total. The van der Waals surface area contributed by atoms with E-state index in [1.54, 1.807) is 11.1 Å². The van der Waals surface area contributed by atoms with E-state index in [1.165, 1.54) is 24.0 Å². The first-order valence-electron chi connectivity index (χ1n) is 8.64. The van der Waals surface area contributed by atoms with Crippen molar-refractivity contribution in [1.29, 1.82) is 0 Å². The van der Waals surface area contributed by atoms with Gasteiger partial charge in [0.25, 0.3) is 0 Å². The van der Waals surface area contributed by atoms with Crippen molar-refractivity contribution in [3.8, 4) is 0 Å². The van der Waals surface area contributed by atoms with Crippen LogP contribution in [-0.2, 0) is 11.8 Å². The summed E-state index contributed by atoms with van der Waals surface area (Å²) in [6, 6.07) is 18.0. The Morgan fingerprint density at radius 3 is 2.41 bits per heavy atom. The average molecular weight is 292 g/mol. The molecule has 0 fully saturated rings. The molecule has 0 amide bonds. The Labute approximate surface area is 135 Å². The van der Waals surface area contributed by atoms with Gasteiger partial charge >= 0.3 is 0 Å². The normalized spacial score (nSPS) is 20.0. The highest BCUT2D eigenvalue weighted by Gasteiger charge is 2.33. The second-order valence-corrected chi connectivity index (χ2v) is 7.86. The van der Waals surface area contributed by atoms with Gasteiger partial charge in [0, 0.05) is 0 Å². The van der Waals surface area contributed by atoms with E-state index >= 15 is 0 Å². The van der Waals surface area contributed by atoms with E-state index in [-0.39, 0.29) is 0 Å². The quantitative estimate of drug-likeness (QED) is 0.642. The van der Waals surface area contributed by atoms with Crippen LogP contribution in [0.15, 0.2) is 48.5 Å². The van der Waals surface area contributed by atoms with Gasteiger partial charge in [-0.2, -0.15) is 0 Å². The van der Waals surface area contributed by atoms with E-state index in [9.17, 15) is 0 Å². The van der Waals surface area contributed by atoms with Crippen molar-refractivity contribution in [1.82, 2.24) is 0 Å². The molecule has 0 aliphatic heterocycles. The topological polar surface area (TPSA) is 0 Å². The van der Waals surface area contributed by atoms with Crippen LogP contribution in [0.25, 0.3) is 0 Å². The summed E-state index contributed by atoms with van der Waals surface area (Å²) < 4.78 is 0. The van der Waals surface area contributed by atoms with E-state index in [0.717, 1.165) is 18.3 Å². The minimum atomic E-state index is 0.325. The van der Waals surface area contributed by atoms with Crippen LogP contribution in [0.3, 0.4) is 0 Å². The first kappa shape index (κ1) is 15.3. The van der Waals surface area contributed by atoms with Gasteiger partial charge < -0.3 is 0 Å². The molecule has 0 heterocycles. The summed E-state index contributed by atoms with van der Waals surface area (Å²) in [4.78, 5) is 0. The highest BCUT2D eigenvalue weighted by atomic mass is 14.4. The maximum Gasteiger partial charge on any atom is -0.00257 e. The van der Waals surface area contributed by atoms with Gasteiger partial charge in [-0.1, -0.05) is 76.2 Å². The Morgan fingerprint density at radius 2 is 1.73 bits per heavy atom. The first-order valence-corrected chi connectivity index (χ1v) is 8.64. The summed E-state index contributed by atoms with van der Waals surface area (Å²) in [7, 11) is 0. The number of fused-ring (bicyclic) bond motifs is 1. The van der Waals surface area contributed by atoms with Crippen molar-refractivity contribution in [2.75, 3.05) is 0 Å². The van der Waals surface area contributed by atoms with Crippen molar-refractivity contribution in [2.45, 2.75) is 58.3 Å². The zero-order valence-electron chi connectivity index (χ0n) is 14.4. The second-order valence-electron chi connectivity index (χ2n) is 7.86. The molecule has 1 aliphatic carbocycles. The van der Waals surface area contributed by atoms with Crippen LogP contribution in [0, 0.1) is 5.92 Å². The third kappa shape index (κ3) is 2.97. The van der Waals surface area contributed by atoms with Gasteiger partial charge in [-0.15, -0.1) is 0 Å².